The maximum Gasteiger partial charge on any atom is 0.237 e. The molecule has 0 radical (unpaired) electrons. The number of sulfone groups is 1. The summed E-state index contributed by atoms with van der Waals surface area (Å²) in [5, 5.41) is 9.90. The van der Waals surface area contributed by atoms with E-state index in [1.165, 1.54) is 31.4 Å². The maximum absolute atomic E-state index is 13.0. The largest absolute Gasteiger partial charge is 0.497 e. The molecule has 2 fully saturated rings. The van der Waals surface area contributed by atoms with Crippen LogP contribution in [0.2, 0.25) is 5.02 Å². The van der Waals surface area contributed by atoms with Crippen LogP contribution in [-0.2, 0) is 21.2 Å². The summed E-state index contributed by atoms with van der Waals surface area (Å²) in [4.78, 5) is 12.7. The highest BCUT2D eigenvalue weighted by molar-refractivity contribution is 7.91. The lowest BCUT2D eigenvalue weighted by molar-refractivity contribution is -0.123. The lowest BCUT2D eigenvalue weighted by Gasteiger charge is -2.25. The number of nitrogens with one attached hydrogen (secondary N) is 3. The van der Waals surface area contributed by atoms with Crippen molar-refractivity contribution >= 4 is 27.3 Å². The van der Waals surface area contributed by atoms with Crippen LogP contribution in [0.4, 0.5) is 0 Å². The zero-order chi connectivity index (χ0) is 22.0. The smallest absolute Gasteiger partial charge is 0.237 e. The van der Waals surface area contributed by atoms with Crippen LogP contribution in [0.15, 0.2) is 52.3 Å². The molecule has 3 unspecified atom stereocenters. The van der Waals surface area contributed by atoms with Crippen LogP contribution in [0, 0.1) is 5.92 Å². The number of halogens is 1. The van der Waals surface area contributed by atoms with Crippen LogP contribution in [0.25, 0.3) is 0 Å². The summed E-state index contributed by atoms with van der Waals surface area (Å²) in [5.41, 5.74) is 0.820. The molecule has 0 aromatic heterocycles. The van der Waals surface area contributed by atoms with Gasteiger partial charge in [-0.2, -0.15) is 0 Å². The number of hydrogen-bond donors (Lipinski definition) is 3. The van der Waals surface area contributed by atoms with Gasteiger partial charge in [0, 0.05) is 18.7 Å². The van der Waals surface area contributed by atoms with Crippen molar-refractivity contribution < 1.29 is 17.9 Å². The van der Waals surface area contributed by atoms with Gasteiger partial charge in [0.05, 0.1) is 28.0 Å². The van der Waals surface area contributed by atoms with Gasteiger partial charge in [0.1, 0.15) is 5.75 Å². The molecule has 2 aromatic rings. The number of methoxy groups -OCH3 is 1. The first-order valence-electron chi connectivity index (χ1n) is 10.3. The van der Waals surface area contributed by atoms with Gasteiger partial charge < -0.3 is 20.7 Å². The van der Waals surface area contributed by atoms with E-state index in [0.29, 0.717) is 24.3 Å². The Morgan fingerprint density at radius 1 is 1.23 bits per heavy atom. The van der Waals surface area contributed by atoms with Gasteiger partial charge in [0.25, 0.3) is 0 Å². The number of amides is 1. The number of rotatable bonds is 6. The Bertz CT molecular complexity index is 1040. The van der Waals surface area contributed by atoms with E-state index < -0.39 is 9.84 Å². The van der Waals surface area contributed by atoms with Crippen molar-refractivity contribution in [2.45, 2.75) is 41.3 Å². The molecule has 4 rings (SSSR count). The zero-order valence-electron chi connectivity index (χ0n) is 17.2. The topological polar surface area (TPSA) is 96.5 Å². The van der Waals surface area contributed by atoms with Gasteiger partial charge in [-0.15, -0.1) is 0 Å². The second-order valence-corrected chi connectivity index (χ2v) is 10.3. The molecule has 166 valence electrons. The van der Waals surface area contributed by atoms with Crippen LogP contribution in [0.3, 0.4) is 0 Å². The van der Waals surface area contributed by atoms with Crippen molar-refractivity contribution in [2.75, 3.05) is 20.2 Å². The minimum absolute atomic E-state index is 0.00201. The van der Waals surface area contributed by atoms with Crippen LogP contribution >= 0.6 is 11.6 Å². The van der Waals surface area contributed by atoms with Gasteiger partial charge >= 0.3 is 0 Å². The van der Waals surface area contributed by atoms with Crippen molar-refractivity contribution in [2.24, 2.45) is 5.92 Å². The molecule has 0 saturated carbocycles. The summed E-state index contributed by atoms with van der Waals surface area (Å²) in [6.07, 6.45) is 1.88. The average Bonchev–Trinajstić information content (AvgIpc) is 3.22. The van der Waals surface area contributed by atoms with E-state index in [2.05, 4.69) is 16.0 Å². The molecule has 3 atom stereocenters. The van der Waals surface area contributed by atoms with Crippen LogP contribution in [-0.4, -0.2) is 46.6 Å². The van der Waals surface area contributed by atoms with Gasteiger partial charge in [-0.05, 0) is 61.7 Å². The van der Waals surface area contributed by atoms with E-state index in [0.717, 1.165) is 31.5 Å². The predicted molar refractivity (Wildman–Crippen MR) is 118 cm³/mol. The van der Waals surface area contributed by atoms with Crippen molar-refractivity contribution in [1.82, 2.24) is 16.0 Å². The van der Waals surface area contributed by atoms with Crippen molar-refractivity contribution in [3.63, 3.8) is 0 Å². The molecule has 2 aromatic carbocycles. The summed E-state index contributed by atoms with van der Waals surface area (Å²) < 4.78 is 31.1. The molecule has 0 spiro atoms. The second kappa shape index (κ2) is 9.16. The number of carbonyl (C=O) groups is 1. The van der Waals surface area contributed by atoms with Gasteiger partial charge in [0.2, 0.25) is 15.7 Å². The number of fused-ring (bicyclic) bond motifs is 1. The Balaban J connectivity index is 1.40. The van der Waals surface area contributed by atoms with Crippen molar-refractivity contribution in [3.05, 3.63) is 53.1 Å². The molecule has 9 heteroatoms. The predicted octanol–water partition coefficient (Wildman–Crippen LogP) is 2.14. The Morgan fingerprint density at radius 2 is 2.00 bits per heavy atom. The summed E-state index contributed by atoms with van der Waals surface area (Å²) in [6, 6.07) is 11.2. The number of hydrogen-bond acceptors (Lipinski definition) is 6. The lowest BCUT2D eigenvalue weighted by atomic mass is 9.94. The Labute approximate surface area is 187 Å². The Hall–Kier alpha value is -2.13. The Morgan fingerprint density at radius 3 is 2.71 bits per heavy atom. The first kappa shape index (κ1) is 22.1. The molecular weight excluding hydrogens is 438 g/mol. The maximum atomic E-state index is 13.0. The third kappa shape index (κ3) is 4.72. The first-order valence-corrected chi connectivity index (χ1v) is 12.2. The fraction of sp³-hybridized carbons (Fsp3) is 0.409. The molecule has 2 heterocycles. The van der Waals surface area contributed by atoms with E-state index in [1.807, 2.05) is 0 Å². The molecule has 2 aliphatic heterocycles. The normalized spacial score (nSPS) is 23.2. The zero-order valence-corrected chi connectivity index (χ0v) is 18.8. The van der Waals surface area contributed by atoms with Crippen LogP contribution < -0.4 is 20.7 Å². The average molecular weight is 464 g/mol. The molecule has 2 aliphatic rings. The minimum atomic E-state index is -3.79. The summed E-state index contributed by atoms with van der Waals surface area (Å²) >= 11 is 6.12. The van der Waals surface area contributed by atoms with Gasteiger partial charge in [-0.1, -0.05) is 23.7 Å². The van der Waals surface area contributed by atoms with Gasteiger partial charge in [-0.3, -0.25) is 4.79 Å². The second-order valence-electron chi connectivity index (χ2n) is 7.98. The summed E-state index contributed by atoms with van der Waals surface area (Å²) in [6.45, 7) is 2.28. The Kier molecular flexibility index (Phi) is 6.52. The molecule has 3 N–H and O–H groups in total. The highest BCUT2D eigenvalue weighted by atomic mass is 35.5. The fourth-order valence-electron chi connectivity index (χ4n) is 4.24. The van der Waals surface area contributed by atoms with Crippen LogP contribution in [0.5, 0.6) is 5.75 Å². The third-order valence-electron chi connectivity index (χ3n) is 6.01. The van der Waals surface area contributed by atoms with E-state index in [4.69, 9.17) is 16.3 Å². The quantitative estimate of drug-likeness (QED) is 0.607. The van der Waals surface area contributed by atoms with Crippen molar-refractivity contribution in [3.8, 4) is 5.75 Å². The molecule has 0 bridgehead atoms. The summed E-state index contributed by atoms with van der Waals surface area (Å²) in [5.74, 6) is 0.894. The first-order chi connectivity index (χ1) is 14.9. The van der Waals surface area contributed by atoms with E-state index in [1.54, 1.807) is 18.2 Å². The van der Waals surface area contributed by atoms with Crippen molar-refractivity contribution in [1.29, 1.82) is 0 Å². The highest BCUT2D eigenvalue weighted by Crippen LogP contribution is 2.31. The molecule has 2 saturated heterocycles. The molecule has 7 nitrogen and oxygen atoms in total. The fourth-order valence-corrected chi connectivity index (χ4v) is 6.01. The lowest BCUT2D eigenvalue weighted by Crippen LogP contribution is -2.45. The molecule has 0 aliphatic carbocycles. The number of carbonyl (C=O) groups excluding carboxylic acids is 1. The van der Waals surface area contributed by atoms with Gasteiger partial charge in [0.15, 0.2) is 0 Å². The highest BCUT2D eigenvalue weighted by Gasteiger charge is 2.38. The number of benzene rings is 2. The van der Waals surface area contributed by atoms with E-state index in [-0.39, 0.29) is 26.8 Å². The van der Waals surface area contributed by atoms with E-state index >= 15 is 0 Å². The van der Waals surface area contributed by atoms with Crippen LogP contribution in [0.1, 0.15) is 18.4 Å². The minimum Gasteiger partial charge on any atom is -0.497 e. The number of ether oxygens (including phenoxy) is 1. The monoisotopic (exact) mass is 463 g/mol. The standard InChI is InChI=1S/C22H26ClN3O4S/c1-30-16-4-7-18(23)21(11-16)31(28,29)17-5-2-14(3-6-17)12-25-22(27)20-10-15-13-24-9-8-19(15)26-20/h2-7,11,15,19-20,24,26H,8-10,12-13H2,1H3,(H,25,27). The molecule has 31 heavy (non-hydrogen) atoms. The SMILES string of the molecule is COc1ccc(Cl)c(S(=O)(=O)c2ccc(CNC(=O)C3CC4CNCCC4N3)cc2)c1. The van der Waals surface area contributed by atoms with Gasteiger partial charge in [-0.25, -0.2) is 8.42 Å². The third-order valence-corrected chi connectivity index (χ3v) is 8.26. The van der Waals surface area contributed by atoms with E-state index in [9.17, 15) is 13.2 Å². The summed E-state index contributed by atoms with van der Waals surface area (Å²) in [7, 11) is -2.32. The number of piperidine rings is 1. The molecule has 1 amide bonds. The molecular formula is C22H26ClN3O4S.